The quantitative estimate of drug-likeness (QED) is 0.786. The Hall–Kier alpha value is -0.470. The highest BCUT2D eigenvalue weighted by molar-refractivity contribution is 7.91. The first kappa shape index (κ1) is 14.9. The topological polar surface area (TPSA) is 58.6 Å². The molecule has 0 aliphatic heterocycles. The second-order valence-corrected chi connectivity index (χ2v) is 7.93. The highest BCUT2D eigenvalue weighted by Gasteiger charge is 2.23. The number of nitrogens with one attached hydrogen (secondary N) is 1. The molecular weight excluding hydrogens is 284 g/mol. The van der Waals surface area contributed by atoms with Crippen LogP contribution in [0.15, 0.2) is 15.7 Å². The smallest absolute Gasteiger partial charge is 0.252 e. The summed E-state index contributed by atoms with van der Waals surface area (Å²) in [6.07, 6.45) is 2.46. The van der Waals surface area contributed by atoms with Gasteiger partial charge in [0.05, 0.1) is 6.61 Å². The van der Waals surface area contributed by atoms with Gasteiger partial charge in [0, 0.05) is 33.3 Å². The van der Waals surface area contributed by atoms with Crippen LogP contribution in [0.3, 0.4) is 0 Å². The zero-order chi connectivity index (χ0) is 13.9. The number of rotatable bonds is 8. The van der Waals surface area contributed by atoms with Crippen molar-refractivity contribution in [1.29, 1.82) is 0 Å². The largest absolute Gasteiger partial charge is 0.383 e. The average molecular weight is 304 g/mol. The minimum atomic E-state index is -3.37. The van der Waals surface area contributed by atoms with Gasteiger partial charge in [-0.3, -0.25) is 0 Å². The van der Waals surface area contributed by atoms with Crippen LogP contribution in [0.2, 0.25) is 0 Å². The van der Waals surface area contributed by atoms with Crippen LogP contribution in [0.25, 0.3) is 0 Å². The molecule has 0 atom stereocenters. The molecule has 7 heteroatoms. The maximum atomic E-state index is 12.3. The van der Waals surface area contributed by atoms with Crippen molar-refractivity contribution < 1.29 is 13.2 Å². The van der Waals surface area contributed by atoms with E-state index in [1.54, 1.807) is 20.2 Å². The van der Waals surface area contributed by atoms with Gasteiger partial charge in [-0.15, -0.1) is 11.3 Å². The highest BCUT2D eigenvalue weighted by Crippen LogP contribution is 2.24. The second-order valence-electron chi connectivity index (χ2n) is 4.75. The van der Waals surface area contributed by atoms with E-state index in [2.05, 4.69) is 5.32 Å². The van der Waals surface area contributed by atoms with E-state index >= 15 is 0 Å². The third-order valence-corrected chi connectivity index (χ3v) is 6.40. The van der Waals surface area contributed by atoms with Crippen molar-refractivity contribution in [3.63, 3.8) is 0 Å². The molecule has 1 fully saturated rings. The minimum absolute atomic E-state index is 0.367. The van der Waals surface area contributed by atoms with E-state index in [-0.39, 0.29) is 0 Å². The molecule has 1 N–H and O–H groups in total. The minimum Gasteiger partial charge on any atom is -0.383 e. The lowest BCUT2D eigenvalue weighted by atomic mass is 10.3. The molecule has 1 aliphatic rings. The highest BCUT2D eigenvalue weighted by atomic mass is 32.2. The molecule has 5 nitrogen and oxygen atoms in total. The van der Waals surface area contributed by atoms with Gasteiger partial charge >= 0.3 is 0 Å². The summed E-state index contributed by atoms with van der Waals surface area (Å²) in [5, 5.41) is 5.29. The fraction of sp³-hybridized carbons (Fsp3) is 0.667. The van der Waals surface area contributed by atoms with E-state index < -0.39 is 10.0 Å². The van der Waals surface area contributed by atoms with Crippen molar-refractivity contribution in [2.24, 2.45) is 0 Å². The van der Waals surface area contributed by atoms with Crippen molar-refractivity contribution in [2.75, 3.05) is 27.3 Å². The first-order valence-electron chi connectivity index (χ1n) is 6.30. The molecule has 0 spiro atoms. The van der Waals surface area contributed by atoms with E-state index in [0.29, 0.717) is 23.4 Å². The molecule has 0 saturated heterocycles. The SMILES string of the molecule is COCCN(C)S(=O)(=O)c1cc(CNC2CC2)cs1. The van der Waals surface area contributed by atoms with Crippen LogP contribution in [0.5, 0.6) is 0 Å². The summed E-state index contributed by atoms with van der Waals surface area (Å²) >= 11 is 1.28. The molecule has 108 valence electrons. The number of hydrogen-bond acceptors (Lipinski definition) is 5. The van der Waals surface area contributed by atoms with Crippen LogP contribution in [0, 0.1) is 0 Å². The summed E-state index contributed by atoms with van der Waals surface area (Å²) < 4.78 is 31.2. The maximum Gasteiger partial charge on any atom is 0.252 e. The molecule has 0 radical (unpaired) electrons. The number of likely N-dealkylation sites (N-methyl/N-ethyl adjacent to an activating group) is 1. The normalized spacial score (nSPS) is 16.2. The van der Waals surface area contributed by atoms with Gasteiger partial charge in [-0.05, 0) is 29.9 Å². The van der Waals surface area contributed by atoms with Crippen LogP contribution in [0.1, 0.15) is 18.4 Å². The third kappa shape index (κ3) is 4.00. The van der Waals surface area contributed by atoms with Crippen LogP contribution in [0.4, 0.5) is 0 Å². The molecule has 1 heterocycles. The number of sulfonamides is 1. The fourth-order valence-corrected chi connectivity index (χ4v) is 4.20. The lowest BCUT2D eigenvalue weighted by Crippen LogP contribution is -2.29. The van der Waals surface area contributed by atoms with Crippen molar-refractivity contribution >= 4 is 21.4 Å². The van der Waals surface area contributed by atoms with E-state index in [9.17, 15) is 8.42 Å². The Morgan fingerprint density at radius 2 is 2.26 bits per heavy atom. The Labute approximate surface area is 118 Å². The van der Waals surface area contributed by atoms with Crippen molar-refractivity contribution in [3.8, 4) is 0 Å². The molecule has 0 amide bonds. The van der Waals surface area contributed by atoms with Gasteiger partial charge in [0.2, 0.25) is 0 Å². The maximum absolute atomic E-state index is 12.3. The number of nitrogens with zero attached hydrogens (tertiary/aromatic N) is 1. The Morgan fingerprint density at radius 1 is 1.53 bits per heavy atom. The standard InChI is InChI=1S/C12H20N2O3S2/c1-14(5-6-17-2)19(15,16)12-7-10(9-18-12)8-13-11-3-4-11/h7,9,11,13H,3-6,8H2,1-2H3. The number of thiophene rings is 1. The zero-order valence-corrected chi connectivity index (χ0v) is 12.9. The van der Waals surface area contributed by atoms with Crippen molar-refractivity contribution in [3.05, 3.63) is 17.0 Å². The van der Waals surface area contributed by atoms with Gasteiger partial charge in [-0.25, -0.2) is 8.42 Å². The van der Waals surface area contributed by atoms with E-state index in [4.69, 9.17) is 4.74 Å². The summed E-state index contributed by atoms with van der Waals surface area (Å²) in [6.45, 7) is 1.52. The molecule has 1 aromatic rings. The summed E-state index contributed by atoms with van der Waals surface area (Å²) in [5.74, 6) is 0. The average Bonchev–Trinajstić information content (AvgIpc) is 3.09. The van der Waals surface area contributed by atoms with Gasteiger partial charge in [-0.1, -0.05) is 0 Å². The summed E-state index contributed by atoms with van der Waals surface area (Å²) in [6, 6.07) is 2.39. The van der Waals surface area contributed by atoms with Gasteiger partial charge in [0.25, 0.3) is 10.0 Å². The first-order valence-corrected chi connectivity index (χ1v) is 8.62. The summed E-state index contributed by atoms with van der Waals surface area (Å²) in [5.41, 5.74) is 1.04. The van der Waals surface area contributed by atoms with Gasteiger partial charge in [0.1, 0.15) is 4.21 Å². The number of methoxy groups -OCH3 is 1. The number of ether oxygens (including phenoxy) is 1. The molecule has 0 unspecified atom stereocenters. The fourth-order valence-electron chi connectivity index (χ4n) is 1.62. The van der Waals surface area contributed by atoms with Gasteiger partial charge < -0.3 is 10.1 Å². The van der Waals surface area contributed by atoms with Crippen LogP contribution < -0.4 is 5.32 Å². The molecule has 19 heavy (non-hydrogen) atoms. The van der Waals surface area contributed by atoms with Crippen molar-refractivity contribution in [2.45, 2.75) is 29.6 Å². The van der Waals surface area contributed by atoms with Gasteiger partial charge in [0.15, 0.2) is 0 Å². The van der Waals surface area contributed by atoms with Crippen molar-refractivity contribution in [1.82, 2.24) is 9.62 Å². The molecular formula is C12H20N2O3S2. The Kier molecular flexibility index (Phi) is 4.97. The first-order chi connectivity index (χ1) is 9.04. The van der Waals surface area contributed by atoms with E-state index in [0.717, 1.165) is 12.1 Å². The zero-order valence-electron chi connectivity index (χ0n) is 11.3. The molecule has 0 aromatic carbocycles. The van der Waals surface area contributed by atoms with Crippen LogP contribution >= 0.6 is 11.3 Å². The Bertz CT molecular complexity index is 509. The lowest BCUT2D eigenvalue weighted by molar-refractivity contribution is 0.185. The third-order valence-electron chi connectivity index (χ3n) is 3.08. The predicted molar refractivity (Wildman–Crippen MR) is 75.9 cm³/mol. The lowest BCUT2D eigenvalue weighted by Gasteiger charge is -2.15. The van der Waals surface area contributed by atoms with E-state index in [1.165, 1.54) is 28.5 Å². The summed E-state index contributed by atoms with van der Waals surface area (Å²) in [7, 11) is -0.227. The van der Waals surface area contributed by atoms with Gasteiger partial charge in [-0.2, -0.15) is 4.31 Å². The summed E-state index contributed by atoms with van der Waals surface area (Å²) in [4.78, 5) is 0. The van der Waals surface area contributed by atoms with E-state index in [1.807, 2.05) is 5.38 Å². The van der Waals surface area contributed by atoms with Crippen LogP contribution in [-0.4, -0.2) is 46.1 Å². The Morgan fingerprint density at radius 3 is 2.89 bits per heavy atom. The predicted octanol–water partition coefficient (Wildman–Crippen LogP) is 1.27. The number of hydrogen-bond donors (Lipinski definition) is 1. The van der Waals surface area contributed by atoms with Crippen LogP contribution in [-0.2, 0) is 21.3 Å². The molecule has 2 rings (SSSR count). The molecule has 1 saturated carbocycles. The Balaban J connectivity index is 1.98. The molecule has 1 aromatic heterocycles. The molecule has 0 bridgehead atoms. The molecule has 1 aliphatic carbocycles. The monoisotopic (exact) mass is 304 g/mol. The second kappa shape index (κ2) is 6.32.